The lowest BCUT2D eigenvalue weighted by molar-refractivity contribution is -0.125. The van der Waals surface area contributed by atoms with Crippen molar-refractivity contribution in [2.45, 2.75) is 96.3 Å². The number of hydrogen-bond donors (Lipinski definition) is 4. The number of fused-ring (bicyclic) bond motifs is 1. The van der Waals surface area contributed by atoms with Gasteiger partial charge in [-0.05, 0) is 61.9 Å². The molecule has 286 valence electrons. The number of benzene rings is 2. The summed E-state index contributed by atoms with van der Waals surface area (Å²) in [5, 5.41) is 27.1. The predicted octanol–water partition coefficient (Wildman–Crippen LogP) is 6.28. The monoisotopic (exact) mass is 764 g/mol. The number of alkyl carbamates (subject to hydrolysis) is 1. The summed E-state index contributed by atoms with van der Waals surface area (Å²) in [5.74, 6) is -2.75. The van der Waals surface area contributed by atoms with Crippen molar-refractivity contribution < 1.29 is 47.7 Å². The van der Waals surface area contributed by atoms with E-state index in [1.165, 1.54) is 9.80 Å². The fraction of sp³-hybridized carbons (Fsp3) is 0.556. The normalized spacial score (nSPS) is 16.9. The molecular formula is C36H50ClN4O10P. The van der Waals surface area contributed by atoms with Crippen LogP contribution in [0.5, 0.6) is 0 Å². The van der Waals surface area contributed by atoms with Gasteiger partial charge < -0.3 is 44.4 Å². The maximum atomic E-state index is 14.0. The molecule has 0 bridgehead atoms. The Labute approximate surface area is 309 Å². The molecule has 1 heterocycles. The van der Waals surface area contributed by atoms with E-state index in [0.717, 1.165) is 32.1 Å². The van der Waals surface area contributed by atoms with Crippen LogP contribution in [-0.4, -0.2) is 83.3 Å². The minimum Gasteiger partial charge on any atom is -0.465 e. The summed E-state index contributed by atoms with van der Waals surface area (Å²) in [4.78, 5) is 55.4. The topological polar surface area (TPSA) is 184 Å². The van der Waals surface area contributed by atoms with Gasteiger partial charge in [0.05, 0.1) is 25.8 Å². The summed E-state index contributed by atoms with van der Waals surface area (Å²) >= 11 is 6.06. The fourth-order valence-corrected chi connectivity index (χ4v) is 8.64. The van der Waals surface area contributed by atoms with E-state index in [2.05, 4.69) is 10.6 Å². The average Bonchev–Trinajstić information content (AvgIpc) is 3.33. The highest BCUT2D eigenvalue weighted by molar-refractivity contribution is 7.54. The Kier molecular flexibility index (Phi) is 15.8. The molecule has 0 aromatic heterocycles. The zero-order valence-electron chi connectivity index (χ0n) is 29.7. The van der Waals surface area contributed by atoms with E-state index < -0.39 is 49.5 Å². The molecule has 1 saturated carbocycles. The van der Waals surface area contributed by atoms with Gasteiger partial charge in [0.15, 0.2) is 5.85 Å². The standard InChI is InChI=1S/C36H50ClN4O10P/c1-3-50-52(48,51-4-2)34(44)29(17-18-32(42)41-20-19-40(36(46)47)23-27-14-8-9-16-31(27)41)38-33(43)30(22-25-11-6-5-7-12-25)39-35(45)49-24-26-13-10-15-28(37)21-26/h8-10,13-16,21,25,29-30,34,44H,3-7,11-12,17-20,22-24H2,1-2H3,(H,38,43)(H,39,45)(H,46,47)/t29-,30?,34?/m0/s1. The average molecular weight is 765 g/mol. The third-order valence-electron chi connectivity index (χ3n) is 9.27. The van der Waals surface area contributed by atoms with Crippen LogP contribution in [0.4, 0.5) is 15.3 Å². The highest BCUT2D eigenvalue weighted by Gasteiger charge is 2.42. The molecule has 3 atom stereocenters. The van der Waals surface area contributed by atoms with Crippen LogP contribution in [0.25, 0.3) is 0 Å². The summed E-state index contributed by atoms with van der Waals surface area (Å²) in [6.07, 6.45) is 2.82. The van der Waals surface area contributed by atoms with Crippen LogP contribution in [0, 0.1) is 5.92 Å². The first-order valence-electron chi connectivity index (χ1n) is 17.8. The number of carboxylic acid groups (broad SMARTS) is 1. The fourth-order valence-electron chi connectivity index (χ4n) is 6.67. The minimum atomic E-state index is -4.21. The third-order valence-corrected chi connectivity index (χ3v) is 11.7. The largest absolute Gasteiger partial charge is 0.465 e. The summed E-state index contributed by atoms with van der Waals surface area (Å²) in [7, 11) is -4.21. The van der Waals surface area contributed by atoms with Gasteiger partial charge in [0.2, 0.25) is 11.8 Å². The number of nitrogens with zero attached hydrogens (tertiary/aromatic N) is 2. The number of anilines is 1. The van der Waals surface area contributed by atoms with Crippen molar-refractivity contribution in [1.29, 1.82) is 0 Å². The molecule has 2 aromatic rings. The number of aliphatic hydroxyl groups is 1. The number of carbonyl (C=O) groups excluding carboxylic acids is 3. The lowest BCUT2D eigenvalue weighted by atomic mass is 9.84. The van der Waals surface area contributed by atoms with Crippen LogP contribution in [0.1, 0.15) is 76.3 Å². The van der Waals surface area contributed by atoms with Gasteiger partial charge in [0.25, 0.3) is 0 Å². The second-order valence-electron chi connectivity index (χ2n) is 13.0. The minimum absolute atomic E-state index is 0.0527. The Bertz CT molecular complexity index is 1570. The van der Waals surface area contributed by atoms with Gasteiger partial charge in [-0.2, -0.15) is 0 Å². The molecule has 0 radical (unpaired) electrons. The Morgan fingerprint density at radius 3 is 2.37 bits per heavy atom. The summed E-state index contributed by atoms with van der Waals surface area (Å²) in [6.45, 7) is 3.26. The molecule has 4 rings (SSSR count). The number of aliphatic hydroxyl groups excluding tert-OH is 1. The number of hydrogen-bond acceptors (Lipinski definition) is 9. The molecule has 2 unspecified atom stereocenters. The quantitative estimate of drug-likeness (QED) is 0.142. The molecule has 4 amide bonds. The molecule has 0 saturated heterocycles. The smallest absolute Gasteiger partial charge is 0.408 e. The van der Waals surface area contributed by atoms with Crippen molar-refractivity contribution in [3.05, 3.63) is 64.7 Å². The number of rotatable bonds is 16. The lowest BCUT2D eigenvalue weighted by Crippen LogP contribution is -2.53. The Balaban J connectivity index is 1.55. The van der Waals surface area contributed by atoms with Crippen molar-refractivity contribution in [2.75, 3.05) is 31.2 Å². The zero-order valence-corrected chi connectivity index (χ0v) is 31.4. The van der Waals surface area contributed by atoms with Crippen molar-refractivity contribution >= 4 is 48.9 Å². The van der Waals surface area contributed by atoms with Crippen molar-refractivity contribution in [2.24, 2.45) is 5.92 Å². The Morgan fingerprint density at radius 2 is 1.69 bits per heavy atom. The van der Waals surface area contributed by atoms with Gasteiger partial charge in [-0.15, -0.1) is 0 Å². The van der Waals surface area contributed by atoms with Crippen LogP contribution in [0.2, 0.25) is 5.02 Å². The molecule has 1 aliphatic carbocycles. The zero-order chi connectivity index (χ0) is 37.7. The Morgan fingerprint density at radius 1 is 0.981 bits per heavy atom. The lowest BCUT2D eigenvalue weighted by Gasteiger charge is -2.32. The van der Waals surface area contributed by atoms with Crippen molar-refractivity contribution in [1.82, 2.24) is 15.5 Å². The highest BCUT2D eigenvalue weighted by atomic mass is 35.5. The first-order valence-corrected chi connectivity index (χ1v) is 19.8. The number of halogens is 1. The number of nitrogens with one attached hydrogen (secondary N) is 2. The van der Waals surface area contributed by atoms with E-state index in [0.29, 0.717) is 28.3 Å². The third kappa shape index (κ3) is 11.7. The second-order valence-corrected chi connectivity index (χ2v) is 15.5. The van der Waals surface area contributed by atoms with E-state index >= 15 is 0 Å². The van der Waals surface area contributed by atoms with Crippen LogP contribution >= 0.6 is 19.2 Å². The summed E-state index contributed by atoms with van der Waals surface area (Å²) in [6, 6.07) is 11.5. The summed E-state index contributed by atoms with van der Waals surface area (Å²) in [5.41, 5.74) is 1.87. The number of carbonyl (C=O) groups is 4. The van der Waals surface area contributed by atoms with Gasteiger partial charge in [0, 0.05) is 30.2 Å². The number of amides is 4. The summed E-state index contributed by atoms with van der Waals surface area (Å²) < 4.78 is 30.1. The van der Waals surface area contributed by atoms with E-state index in [1.54, 1.807) is 62.4 Å². The Hall–Kier alpha value is -3.68. The highest BCUT2D eigenvalue weighted by Crippen LogP contribution is 2.53. The molecule has 0 spiro atoms. The molecule has 1 aliphatic heterocycles. The van der Waals surface area contributed by atoms with Gasteiger partial charge in [-0.1, -0.05) is 74.0 Å². The van der Waals surface area contributed by atoms with Gasteiger partial charge in [-0.3, -0.25) is 14.2 Å². The van der Waals surface area contributed by atoms with E-state index in [1.807, 2.05) is 0 Å². The molecule has 2 aliphatic rings. The second kappa shape index (κ2) is 20.0. The number of ether oxygens (including phenoxy) is 1. The van der Waals surface area contributed by atoms with Gasteiger partial charge in [-0.25, -0.2) is 9.59 Å². The van der Waals surface area contributed by atoms with Crippen LogP contribution < -0.4 is 15.5 Å². The molecule has 1 fully saturated rings. The van der Waals surface area contributed by atoms with Crippen molar-refractivity contribution in [3.8, 4) is 0 Å². The van der Waals surface area contributed by atoms with Crippen LogP contribution in [0.3, 0.4) is 0 Å². The molecule has 52 heavy (non-hydrogen) atoms. The van der Waals surface area contributed by atoms with Crippen LogP contribution in [0.15, 0.2) is 48.5 Å². The first kappa shape index (κ1) is 41.1. The van der Waals surface area contributed by atoms with Crippen LogP contribution in [-0.2, 0) is 41.1 Å². The van der Waals surface area contributed by atoms with Gasteiger partial charge in [0.1, 0.15) is 12.6 Å². The van der Waals surface area contributed by atoms with E-state index in [-0.39, 0.29) is 58.2 Å². The van der Waals surface area contributed by atoms with E-state index in [4.69, 9.17) is 25.4 Å². The van der Waals surface area contributed by atoms with Crippen molar-refractivity contribution in [3.63, 3.8) is 0 Å². The molecule has 16 heteroatoms. The maximum Gasteiger partial charge on any atom is 0.408 e. The van der Waals surface area contributed by atoms with Gasteiger partial charge >= 0.3 is 19.8 Å². The predicted molar refractivity (Wildman–Crippen MR) is 195 cm³/mol. The maximum absolute atomic E-state index is 14.0. The molecule has 2 aromatic carbocycles. The van der Waals surface area contributed by atoms with E-state index in [9.17, 15) is 34.0 Å². The molecule has 4 N–H and O–H groups in total. The SMILES string of the molecule is CCOP(=O)(OCC)C(O)[C@H](CCC(=O)N1CCN(C(=O)O)Cc2ccccc21)NC(=O)C(CC1CCCCC1)NC(=O)OCc1cccc(Cl)c1. The number of para-hydroxylation sites is 1. The molecule has 14 nitrogen and oxygen atoms in total. The first-order chi connectivity index (χ1) is 24.9. The molecular weight excluding hydrogens is 715 g/mol.